The summed E-state index contributed by atoms with van der Waals surface area (Å²) in [5.41, 5.74) is -2.60. The predicted octanol–water partition coefficient (Wildman–Crippen LogP) is 7.63. The van der Waals surface area contributed by atoms with Crippen molar-refractivity contribution in [2.24, 2.45) is 18.9 Å². The highest BCUT2D eigenvalue weighted by molar-refractivity contribution is 5.58. The number of ether oxygens (including phenoxy) is 2. The van der Waals surface area contributed by atoms with E-state index >= 15 is 0 Å². The maximum Gasteiger partial charge on any atom is 0.573 e. The maximum atomic E-state index is 13.6. The number of hydrogen-bond acceptors (Lipinski definition) is 7. The minimum atomic E-state index is -5.08. The highest BCUT2D eigenvalue weighted by Crippen LogP contribution is 2.38. The van der Waals surface area contributed by atoms with Crippen LogP contribution < -0.4 is 14.5 Å². The first-order chi connectivity index (χ1) is 21.9. The molecule has 0 spiro atoms. The van der Waals surface area contributed by atoms with Crippen molar-refractivity contribution in [3.8, 4) is 5.75 Å². The first-order valence-electron chi connectivity index (χ1n) is 14.8. The summed E-state index contributed by atoms with van der Waals surface area (Å²) < 4.78 is 131. The lowest BCUT2D eigenvalue weighted by molar-refractivity contribution is -0.274. The van der Waals surface area contributed by atoms with Gasteiger partial charge in [-0.1, -0.05) is 5.10 Å². The van der Waals surface area contributed by atoms with E-state index in [2.05, 4.69) is 20.1 Å². The van der Waals surface area contributed by atoms with Crippen LogP contribution in [0.3, 0.4) is 0 Å². The fourth-order valence-electron chi connectivity index (χ4n) is 5.85. The Bertz CT molecular complexity index is 1440. The highest BCUT2D eigenvalue weighted by Gasteiger charge is 2.37. The summed E-state index contributed by atoms with van der Waals surface area (Å²) in [6, 6.07) is 4.97. The van der Waals surface area contributed by atoms with Gasteiger partial charge in [0.25, 0.3) is 5.95 Å². The van der Waals surface area contributed by atoms with E-state index in [1.807, 2.05) is 11.8 Å². The standard InChI is InChI=1S/C30H35F9N6O2/c1-4-44(15-19-5-7-20(8-6-19)18-46-3)26-10-9-25(47-30(37,38)39)13-22(26)17-45(27-40-42-43(2)41-27)16-21-11-23(28(31,32)33)14-24(12-21)29(34,35)36/h9-14,19-20H,4-8,15-18H2,1-3H3. The van der Waals surface area contributed by atoms with Crippen molar-refractivity contribution in [3.63, 3.8) is 0 Å². The number of rotatable bonds is 12. The molecule has 1 aliphatic rings. The van der Waals surface area contributed by atoms with Crippen LogP contribution in [0.25, 0.3) is 0 Å². The van der Waals surface area contributed by atoms with Crippen molar-refractivity contribution in [1.29, 1.82) is 0 Å². The molecule has 47 heavy (non-hydrogen) atoms. The molecule has 1 heterocycles. The Hall–Kier alpha value is -3.76. The predicted molar refractivity (Wildman–Crippen MR) is 153 cm³/mol. The van der Waals surface area contributed by atoms with E-state index in [1.54, 1.807) is 7.11 Å². The average Bonchev–Trinajstić information content (AvgIpc) is 3.41. The zero-order chi connectivity index (χ0) is 34.6. The summed E-state index contributed by atoms with van der Waals surface area (Å²) in [6.45, 7) is 2.73. The SMILES string of the molecule is CCN(CC1CCC(COC)CC1)c1ccc(OC(F)(F)F)cc1CN(Cc1cc(C(F)(F)F)cc(C(F)(F)F)c1)c1nnn(C)n1. The molecule has 0 aliphatic heterocycles. The quantitative estimate of drug-likeness (QED) is 0.182. The molecule has 1 aromatic heterocycles. The minimum Gasteiger partial charge on any atom is -0.406 e. The number of aromatic nitrogens is 4. The summed E-state index contributed by atoms with van der Waals surface area (Å²) in [7, 11) is 3.06. The zero-order valence-corrected chi connectivity index (χ0v) is 25.9. The third kappa shape index (κ3) is 10.1. The van der Waals surface area contributed by atoms with Gasteiger partial charge in [-0.05, 0) is 97.2 Å². The van der Waals surface area contributed by atoms with Crippen LogP contribution in [0.4, 0.5) is 51.1 Å². The van der Waals surface area contributed by atoms with Gasteiger partial charge in [0.1, 0.15) is 5.75 Å². The monoisotopic (exact) mass is 682 g/mol. The van der Waals surface area contributed by atoms with E-state index in [1.165, 1.54) is 18.0 Å². The molecule has 8 nitrogen and oxygen atoms in total. The molecule has 2 aromatic carbocycles. The molecule has 17 heteroatoms. The molecule has 0 bridgehead atoms. The second-order valence-corrected chi connectivity index (χ2v) is 11.6. The first kappa shape index (κ1) is 36.1. The summed E-state index contributed by atoms with van der Waals surface area (Å²) in [5.74, 6) is 0.0250. The second kappa shape index (κ2) is 14.6. The molecule has 0 unspecified atom stereocenters. The Morgan fingerprint density at radius 2 is 1.45 bits per heavy atom. The molecular formula is C30H35F9N6O2. The van der Waals surface area contributed by atoms with E-state index in [9.17, 15) is 39.5 Å². The third-order valence-electron chi connectivity index (χ3n) is 8.02. The molecule has 0 saturated heterocycles. The van der Waals surface area contributed by atoms with Crippen molar-refractivity contribution in [3.05, 3.63) is 58.7 Å². The normalized spacial score (nSPS) is 17.5. The van der Waals surface area contributed by atoms with Crippen LogP contribution in [0.1, 0.15) is 54.9 Å². The summed E-state index contributed by atoms with van der Waals surface area (Å²) in [6.07, 6.45) is -11.4. The van der Waals surface area contributed by atoms with Gasteiger partial charge in [-0.2, -0.15) is 31.1 Å². The van der Waals surface area contributed by atoms with E-state index in [-0.39, 0.29) is 35.6 Å². The number of alkyl halides is 9. The molecular weight excluding hydrogens is 647 g/mol. The Kier molecular flexibility index (Phi) is 11.2. The maximum absolute atomic E-state index is 13.6. The molecule has 0 N–H and O–H groups in total. The van der Waals surface area contributed by atoms with Gasteiger partial charge in [0.05, 0.1) is 18.2 Å². The van der Waals surface area contributed by atoms with Gasteiger partial charge in [-0.15, -0.1) is 18.3 Å². The van der Waals surface area contributed by atoms with Crippen molar-refractivity contribution in [2.45, 2.75) is 64.4 Å². The van der Waals surface area contributed by atoms with Gasteiger partial charge in [0, 0.05) is 45.6 Å². The zero-order valence-electron chi connectivity index (χ0n) is 25.9. The van der Waals surface area contributed by atoms with E-state index in [0.717, 1.165) is 42.6 Å². The van der Waals surface area contributed by atoms with Crippen LogP contribution in [0, 0.1) is 11.8 Å². The molecule has 0 atom stereocenters. The van der Waals surface area contributed by atoms with Crippen LogP contribution in [-0.2, 0) is 37.2 Å². The third-order valence-corrected chi connectivity index (χ3v) is 8.02. The van der Waals surface area contributed by atoms with Crippen molar-refractivity contribution < 1.29 is 49.0 Å². The second-order valence-electron chi connectivity index (χ2n) is 11.6. The van der Waals surface area contributed by atoms with E-state index < -0.39 is 42.1 Å². The summed E-state index contributed by atoms with van der Waals surface area (Å²) in [4.78, 5) is 4.28. The highest BCUT2D eigenvalue weighted by atomic mass is 19.4. The lowest BCUT2D eigenvalue weighted by Crippen LogP contribution is -2.33. The lowest BCUT2D eigenvalue weighted by atomic mass is 9.82. The molecule has 0 amide bonds. The lowest BCUT2D eigenvalue weighted by Gasteiger charge is -2.35. The van der Waals surface area contributed by atoms with Gasteiger partial charge in [0.15, 0.2) is 0 Å². The van der Waals surface area contributed by atoms with Crippen LogP contribution >= 0.6 is 0 Å². The topological polar surface area (TPSA) is 68.5 Å². The molecule has 4 rings (SSSR count). The number of hydrogen-bond donors (Lipinski definition) is 0. The first-order valence-corrected chi connectivity index (χ1v) is 14.8. The minimum absolute atomic E-state index is 0.0202. The van der Waals surface area contributed by atoms with E-state index in [4.69, 9.17) is 4.74 Å². The van der Waals surface area contributed by atoms with Crippen molar-refractivity contribution in [1.82, 2.24) is 20.2 Å². The van der Waals surface area contributed by atoms with Gasteiger partial charge < -0.3 is 19.3 Å². The number of benzene rings is 2. The number of anilines is 2. The fourth-order valence-corrected chi connectivity index (χ4v) is 5.85. The van der Waals surface area contributed by atoms with Crippen LogP contribution in [0.5, 0.6) is 5.75 Å². The molecule has 1 fully saturated rings. The van der Waals surface area contributed by atoms with Crippen molar-refractivity contribution >= 4 is 11.6 Å². The van der Waals surface area contributed by atoms with Crippen LogP contribution in [-0.4, -0.2) is 53.4 Å². The number of nitrogens with zero attached hydrogens (tertiary/aromatic N) is 6. The van der Waals surface area contributed by atoms with Crippen molar-refractivity contribution in [2.75, 3.05) is 36.6 Å². The molecule has 0 radical (unpaired) electrons. The molecule has 1 aliphatic carbocycles. The molecule has 1 saturated carbocycles. The Labute approximate surface area is 265 Å². The Morgan fingerprint density at radius 1 is 0.830 bits per heavy atom. The number of tetrazole rings is 1. The fraction of sp³-hybridized carbons (Fsp3) is 0.567. The number of methoxy groups -OCH3 is 1. The Balaban J connectivity index is 1.73. The largest absolute Gasteiger partial charge is 0.573 e. The van der Waals surface area contributed by atoms with Gasteiger partial charge in [-0.25, -0.2) is 0 Å². The van der Waals surface area contributed by atoms with Gasteiger partial charge in [0.2, 0.25) is 0 Å². The van der Waals surface area contributed by atoms with Gasteiger partial charge >= 0.3 is 18.7 Å². The van der Waals surface area contributed by atoms with Gasteiger partial charge in [-0.3, -0.25) is 0 Å². The van der Waals surface area contributed by atoms with Crippen LogP contribution in [0.2, 0.25) is 0 Å². The molecule has 3 aromatic rings. The summed E-state index contributed by atoms with van der Waals surface area (Å²) >= 11 is 0. The number of halogens is 9. The smallest absolute Gasteiger partial charge is 0.406 e. The number of aryl methyl sites for hydroxylation is 1. The Morgan fingerprint density at radius 3 is 1.96 bits per heavy atom. The van der Waals surface area contributed by atoms with Crippen LogP contribution in [0.15, 0.2) is 36.4 Å². The molecule has 260 valence electrons. The summed E-state index contributed by atoms with van der Waals surface area (Å²) in [5, 5.41) is 11.7. The average molecular weight is 683 g/mol. The van der Waals surface area contributed by atoms with E-state index in [0.29, 0.717) is 43.4 Å².